The minimum Gasteiger partial charge on any atom is -0.504 e. The average Bonchev–Trinajstić information content (AvgIpc) is 3.51. The summed E-state index contributed by atoms with van der Waals surface area (Å²) in [5, 5.41) is 22.8. The van der Waals surface area contributed by atoms with Crippen LogP contribution in [-0.2, 0) is 11.2 Å². The SMILES string of the molecule is CCOc1cc([C@@H]2C(C(=O)c3cccs3)=C(O)C(=O)N2CCc2ccc(OC)c(OC)c2)ccc1O. The van der Waals surface area contributed by atoms with Crippen LogP contribution in [0.5, 0.6) is 23.0 Å². The number of thiophene rings is 1. The zero-order chi connectivity index (χ0) is 25.8. The number of methoxy groups -OCH3 is 2. The monoisotopic (exact) mass is 509 g/mol. The fraction of sp³-hybridized carbons (Fsp3) is 0.259. The molecule has 1 aliphatic heterocycles. The molecular weight excluding hydrogens is 482 g/mol. The van der Waals surface area contributed by atoms with E-state index >= 15 is 0 Å². The van der Waals surface area contributed by atoms with Gasteiger partial charge in [0.2, 0.25) is 5.78 Å². The van der Waals surface area contributed by atoms with Crippen molar-refractivity contribution >= 4 is 23.0 Å². The number of hydrogen-bond acceptors (Lipinski definition) is 8. The molecule has 0 fully saturated rings. The number of nitrogens with zero attached hydrogens (tertiary/aromatic N) is 1. The van der Waals surface area contributed by atoms with E-state index in [1.807, 2.05) is 12.1 Å². The van der Waals surface area contributed by atoms with Crippen molar-refractivity contribution in [2.24, 2.45) is 0 Å². The summed E-state index contributed by atoms with van der Waals surface area (Å²) in [7, 11) is 3.10. The van der Waals surface area contributed by atoms with Gasteiger partial charge in [-0.3, -0.25) is 9.59 Å². The molecule has 0 saturated carbocycles. The molecule has 0 bridgehead atoms. The first kappa shape index (κ1) is 25.1. The van der Waals surface area contributed by atoms with Gasteiger partial charge in [-0.15, -0.1) is 11.3 Å². The number of carbonyl (C=O) groups is 2. The minimum atomic E-state index is -0.855. The first-order valence-electron chi connectivity index (χ1n) is 11.4. The van der Waals surface area contributed by atoms with E-state index in [1.54, 1.807) is 56.9 Å². The van der Waals surface area contributed by atoms with Gasteiger partial charge in [0.25, 0.3) is 5.91 Å². The Morgan fingerprint density at radius 1 is 1.03 bits per heavy atom. The van der Waals surface area contributed by atoms with Crippen molar-refractivity contribution in [2.75, 3.05) is 27.4 Å². The molecule has 36 heavy (non-hydrogen) atoms. The van der Waals surface area contributed by atoms with Crippen molar-refractivity contribution < 1.29 is 34.0 Å². The van der Waals surface area contributed by atoms with Crippen LogP contribution in [0.4, 0.5) is 0 Å². The molecular formula is C27H27NO7S. The Labute approximate surface area is 213 Å². The fourth-order valence-electron chi connectivity index (χ4n) is 4.26. The van der Waals surface area contributed by atoms with Crippen molar-refractivity contribution in [2.45, 2.75) is 19.4 Å². The van der Waals surface area contributed by atoms with E-state index in [2.05, 4.69) is 0 Å². The molecule has 1 aliphatic rings. The van der Waals surface area contributed by atoms with E-state index < -0.39 is 23.5 Å². The van der Waals surface area contributed by atoms with Crippen LogP contribution in [0.2, 0.25) is 0 Å². The summed E-state index contributed by atoms with van der Waals surface area (Å²) in [5.74, 6) is -0.290. The largest absolute Gasteiger partial charge is 0.504 e. The molecule has 2 heterocycles. The maximum atomic E-state index is 13.4. The number of ether oxygens (including phenoxy) is 3. The Kier molecular flexibility index (Phi) is 7.49. The zero-order valence-electron chi connectivity index (χ0n) is 20.2. The van der Waals surface area contributed by atoms with Crippen LogP contribution >= 0.6 is 11.3 Å². The third-order valence-corrected chi connectivity index (χ3v) is 6.85. The number of aliphatic hydroxyl groups excluding tert-OH is 1. The number of aliphatic hydroxyl groups is 1. The first-order valence-corrected chi connectivity index (χ1v) is 12.3. The Morgan fingerprint density at radius 3 is 2.47 bits per heavy atom. The summed E-state index contributed by atoms with van der Waals surface area (Å²) in [5.41, 5.74) is 1.43. The molecule has 9 heteroatoms. The smallest absolute Gasteiger partial charge is 0.290 e. The quantitative estimate of drug-likeness (QED) is 0.382. The predicted octanol–water partition coefficient (Wildman–Crippen LogP) is 4.69. The lowest BCUT2D eigenvalue weighted by Crippen LogP contribution is -2.33. The Bertz CT molecular complexity index is 1300. The number of ketones is 1. The van der Waals surface area contributed by atoms with Crippen molar-refractivity contribution in [3.8, 4) is 23.0 Å². The van der Waals surface area contributed by atoms with E-state index in [1.165, 1.54) is 22.3 Å². The summed E-state index contributed by atoms with van der Waals surface area (Å²) in [6.07, 6.45) is 0.437. The highest BCUT2D eigenvalue weighted by molar-refractivity contribution is 7.12. The number of phenols is 1. The maximum absolute atomic E-state index is 13.4. The Balaban J connectivity index is 1.72. The number of Topliss-reactive ketones (excluding diaryl/α,β-unsaturated/α-hetero) is 1. The molecule has 2 aromatic carbocycles. The number of hydrogen-bond donors (Lipinski definition) is 2. The van der Waals surface area contributed by atoms with Crippen LogP contribution in [0.1, 0.15) is 33.8 Å². The van der Waals surface area contributed by atoms with Crippen molar-refractivity contribution in [3.05, 3.63) is 81.2 Å². The number of amides is 1. The molecule has 1 aromatic heterocycles. The van der Waals surface area contributed by atoms with E-state index in [4.69, 9.17) is 14.2 Å². The standard InChI is InChI=1S/C27H27NO7S/c1-4-35-20-15-17(8-9-18(20)29)24-23(25(30)22-6-5-13-36-22)26(31)27(32)28(24)12-11-16-7-10-19(33-2)21(14-16)34-3/h5-10,13-15,24,29,31H,4,11-12H2,1-3H3/t24-/m1/s1. The number of rotatable bonds is 10. The van der Waals surface area contributed by atoms with Gasteiger partial charge in [-0.05, 0) is 60.2 Å². The highest BCUT2D eigenvalue weighted by Gasteiger charge is 2.44. The van der Waals surface area contributed by atoms with Gasteiger partial charge in [0.1, 0.15) is 0 Å². The second kappa shape index (κ2) is 10.7. The number of aromatic hydroxyl groups is 1. The lowest BCUT2D eigenvalue weighted by Gasteiger charge is -2.27. The summed E-state index contributed by atoms with van der Waals surface area (Å²) < 4.78 is 16.2. The number of carbonyl (C=O) groups excluding carboxylic acids is 2. The van der Waals surface area contributed by atoms with Crippen molar-refractivity contribution in [1.82, 2.24) is 4.90 Å². The Morgan fingerprint density at radius 2 is 1.81 bits per heavy atom. The van der Waals surface area contributed by atoms with Gasteiger partial charge < -0.3 is 29.3 Å². The van der Waals surface area contributed by atoms with Gasteiger partial charge in [0.15, 0.2) is 28.8 Å². The van der Waals surface area contributed by atoms with Crippen LogP contribution in [0.25, 0.3) is 0 Å². The van der Waals surface area contributed by atoms with E-state index in [-0.39, 0.29) is 23.6 Å². The zero-order valence-corrected chi connectivity index (χ0v) is 21.0. The van der Waals surface area contributed by atoms with Gasteiger partial charge in [0, 0.05) is 6.54 Å². The van der Waals surface area contributed by atoms with Crippen molar-refractivity contribution in [1.29, 1.82) is 0 Å². The van der Waals surface area contributed by atoms with Gasteiger partial charge in [-0.2, -0.15) is 0 Å². The predicted molar refractivity (Wildman–Crippen MR) is 135 cm³/mol. The lowest BCUT2D eigenvalue weighted by molar-refractivity contribution is -0.129. The van der Waals surface area contributed by atoms with Crippen LogP contribution in [-0.4, -0.2) is 54.2 Å². The van der Waals surface area contributed by atoms with Gasteiger partial charge in [-0.25, -0.2) is 0 Å². The second-order valence-corrected chi connectivity index (χ2v) is 9.02. The van der Waals surface area contributed by atoms with E-state index in [0.717, 1.165) is 5.56 Å². The number of phenolic OH excluding ortho intramolecular Hbond substituents is 1. The molecule has 0 spiro atoms. The molecule has 188 valence electrons. The van der Waals surface area contributed by atoms with Crippen LogP contribution < -0.4 is 14.2 Å². The summed E-state index contributed by atoms with van der Waals surface area (Å²) in [6, 6.07) is 12.7. The Hall–Kier alpha value is -3.98. The second-order valence-electron chi connectivity index (χ2n) is 8.07. The van der Waals surface area contributed by atoms with Gasteiger partial charge in [0.05, 0.1) is 37.3 Å². The molecule has 3 aromatic rings. The van der Waals surface area contributed by atoms with Crippen LogP contribution in [0.3, 0.4) is 0 Å². The van der Waals surface area contributed by atoms with Crippen molar-refractivity contribution in [3.63, 3.8) is 0 Å². The lowest BCUT2D eigenvalue weighted by atomic mass is 9.95. The molecule has 2 N–H and O–H groups in total. The summed E-state index contributed by atoms with van der Waals surface area (Å²) in [4.78, 5) is 28.5. The minimum absolute atomic E-state index is 0.00268. The fourth-order valence-corrected chi connectivity index (χ4v) is 4.94. The van der Waals surface area contributed by atoms with E-state index in [9.17, 15) is 19.8 Å². The summed E-state index contributed by atoms with van der Waals surface area (Å²) in [6.45, 7) is 2.33. The highest BCUT2D eigenvalue weighted by atomic mass is 32.1. The summed E-state index contributed by atoms with van der Waals surface area (Å²) >= 11 is 1.24. The van der Waals surface area contributed by atoms with Gasteiger partial charge >= 0.3 is 0 Å². The molecule has 1 amide bonds. The third-order valence-electron chi connectivity index (χ3n) is 5.98. The van der Waals surface area contributed by atoms with Crippen LogP contribution in [0.15, 0.2) is 65.2 Å². The maximum Gasteiger partial charge on any atom is 0.290 e. The first-order chi connectivity index (χ1) is 17.4. The molecule has 8 nitrogen and oxygen atoms in total. The number of benzene rings is 2. The molecule has 0 radical (unpaired) electrons. The molecule has 0 saturated heterocycles. The molecule has 4 rings (SSSR count). The average molecular weight is 510 g/mol. The molecule has 1 atom stereocenters. The molecule has 0 unspecified atom stereocenters. The highest BCUT2D eigenvalue weighted by Crippen LogP contribution is 2.42. The topological polar surface area (TPSA) is 106 Å². The third kappa shape index (κ3) is 4.74. The van der Waals surface area contributed by atoms with Gasteiger partial charge in [-0.1, -0.05) is 18.2 Å². The van der Waals surface area contributed by atoms with E-state index in [0.29, 0.717) is 35.0 Å². The van der Waals surface area contributed by atoms with Crippen LogP contribution in [0, 0.1) is 0 Å². The normalized spacial score (nSPS) is 15.4. The molecule has 0 aliphatic carbocycles.